The molecule has 1 aromatic heterocycles. The van der Waals surface area contributed by atoms with Crippen LogP contribution in [0.5, 0.6) is 5.75 Å². The van der Waals surface area contributed by atoms with Crippen LogP contribution in [-0.4, -0.2) is 67.2 Å². The van der Waals surface area contributed by atoms with E-state index in [0.717, 1.165) is 42.1 Å². The molecule has 0 spiro atoms. The summed E-state index contributed by atoms with van der Waals surface area (Å²) in [6, 6.07) is 17.8. The fraction of sp³-hybridized carbons (Fsp3) is 0.345. The van der Waals surface area contributed by atoms with Crippen LogP contribution in [0, 0.1) is 0 Å². The Morgan fingerprint density at radius 1 is 1.11 bits per heavy atom. The highest BCUT2D eigenvalue weighted by Gasteiger charge is 2.39. The lowest BCUT2D eigenvalue weighted by Gasteiger charge is -2.22. The number of likely N-dealkylation sites (N-methyl/N-ethyl adjacent to an activating group) is 1. The van der Waals surface area contributed by atoms with Gasteiger partial charge in [0.05, 0.1) is 24.0 Å². The number of pyridine rings is 1. The molecule has 0 bridgehead atoms. The van der Waals surface area contributed by atoms with Crippen molar-refractivity contribution in [3.05, 3.63) is 71.4 Å². The molecule has 38 heavy (non-hydrogen) atoms. The van der Waals surface area contributed by atoms with Crippen LogP contribution in [0.3, 0.4) is 0 Å². The maximum atomic E-state index is 13.3. The molecule has 1 atom stereocenters. The number of fused-ring (bicyclic) bond motifs is 1. The number of hydrogen-bond acceptors (Lipinski definition) is 7. The van der Waals surface area contributed by atoms with Crippen molar-refractivity contribution in [3.63, 3.8) is 0 Å². The molecule has 0 radical (unpaired) electrons. The van der Waals surface area contributed by atoms with Gasteiger partial charge in [-0.05, 0) is 73.8 Å². The average Bonchev–Trinajstić information content (AvgIpc) is 3.55. The van der Waals surface area contributed by atoms with E-state index in [-0.39, 0.29) is 5.91 Å². The van der Waals surface area contributed by atoms with Gasteiger partial charge in [0.15, 0.2) is 6.29 Å². The number of nitrogens with zero attached hydrogens (tertiary/aromatic N) is 3. The number of anilines is 2. The number of amides is 1. The minimum Gasteiger partial charge on any atom is -0.491 e. The predicted molar refractivity (Wildman–Crippen MR) is 148 cm³/mol. The molecule has 1 aliphatic carbocycles. The Bertz CT molecular complexity index is 1290. The number of rotatable bonds is 5. The van der Waals surface area contributed by atoms with Gasteiger partial charge in [-0.15, -0.1) is 0 Å². The maximum absolute atomic E-state index is 13.3. The molecule has 2 aromatic carbocycles. The Hall–Kier alpha value is -3.46. The number of halogens is 1. The first-order valence-corrected chi connectivity index (χ1v) is 13.2. The van der Waals surface area contributed by atoms with Crippen LogP contribution >= 0.6 is 11.6 Å². The van der Waals surface area contributed by atoms with Crippen molar-refractivity contribution < 1.29 is 19.4 Å². The minimum absolute atomic E-state index is 0.0777. The summed E-state index contributed by atoms with van der Waals surface area (Å²) in [5, 5.41) is 12.6. The van der Waals surface area contributed by atoms with Gasteiger partial charge in [-0.3, -0.25) is 4.79 Å². The van der Waals surface area contributed by atoms with Crippen LogP contribution in [0.1, 0.15) is 29.6 Å². The average molecular weight is 535 g/mol. The molecular weight excluding hydrogens is 504 g/mol. The number of ether oxygens (including phenoxy) is 1. The summed E-state index contributed by atoms with van der Waals surface area (Å²) >= 11 is 6.00. The zero-order chi connectivity index (χ0) is 26.7. The normalized spacial score (nSPS) is 19.6. The summed E-state index contributed by atoms with van der Waals surface area (Å²) in [6.07, 6.45) is 4.82. The number of nitrogens with one attached hydrogen (secondary N) is 1. The van der Waals surface area contributed by atoms with Gasteiger partial charge in [0.1, 0.15) is 23.8 Å². The van der Waals surface area contributed by atoms with Crippen LogP contribution < -0.4 is 19.9 Å². The summed E-state index contributed by atoms with van der Waals surface area (Å²) in [5.74, 6) is 1.47. The number of benzene rings is 2. The van der Waals surface area contributed by atoms with E-state index < -0.39 is 5.60 Å². The molecule has 6 rings (SSSR count). The first-order valence-electron chi connectivity index (χ1n) is 12.8. The van der Waals surface area contributed by atoms with Gasteiger partial charge in [0.25, 0.3) is 5.91 Å². The molecule has 1 amide bonds. The van der Waals surface area contributed by atoms with E-state index in [1.54, 1.807) is 11.1 Å². The molecule has 1 saturated heterocycles. The molecule has 2 aliphatic heterocycles. The fourth-order valence-corrected chi connectivity index (χ4v) is 4.68. The molecule has 2 N–H and O–H groups in total. The van der Waals surface area contributed by atoms with Gasteiger partial charge in [-0.25, -0.2) is 4.98 Å². The topological polar surface area (TPSA) is 95.0 Å². The molecule has 1 saturated carbocycles. The molecule has 198 valence electrons. The number of carbonyl (C=O) groups excluding carboxylic acids is 2. The number of hydrogen-bond donors (Lipinski definition) is 2. The van der Waals surface area contributed by atoms with Crippen LogP contribution in [0.4, 0.5) is 11.5 Å². The van der Waals surface area contributed by atoms with E-state index in [1.165, 1.54) is 0 Å². The maximum Gasteiger partial charge on any atom is 0.262 e. The Morgan fingerprint density at radius 2 is 1.87 bits per heavy atom. The second kappa shape index (κ2) is 11.1. The fourth-order valence-electron chi connectivity index (χ4n) is 4.56. The minimum atomic E-state index is -0.889. The second-order valence-corrected chi connectivity index (χ2v) is 10.3. The molecule has 3 heterocycles. The van der Waals surface area contributed by atoms with Crippen molar-refractivity contribution in [2.45, 2.75) is 30.9 Å². The lowest BCUT2D eigenvalue weighted by Crippen LogP contribution is -2.32. The number of aliphatic hydroxyl groups is 1. The van der Waals surface area contributed by atoms with E-state index in [2.05, 4.69) is 15.2 Å². The Labute approximate surface area is 227 Å². The zero-order valence-corrected chi connectivity index (χ0v) is 22.0. The van der Waals surface area contributed by atoms with Gasteiger partial charge in [0, 0.05) is 24.2 Å². The van der Waals surface area contributed by atoms with Crippen molar-refractivity contribution in [3.8, 4) is 16.9 Å². The summed E-state index contributed by atoms with van der Waals surface area (Å²) in [6.45, 7) is 2.82. The summed E-state index contributed by atoms with van der Waals surface area (Å²) in [4.78, 5) is 31.6. The Kier molecular flexibility index (Phi) is 7.65. The number of aldehydes is 1. The quantitative estimate of drug-likeness (QED) is 0.479. The molecule has 8 nitrogen and oxygen atoms in total. The van der Waals surface area contributed by atoms with Gasteiger partial charge in [0.2, 0.25) is 0 Å². The number of carbonyl (C=O) groups is 2. The largest absolute Gasteiger partial charge is 0.491 e. The van der Waals surface area contributed by atoms with E-state index in [9.17, 15) is 9.59 Å². The van der Waals surface area contributed by atoms with Crippen molar-refractivity contribution in [1.29, 1.82) is 0 Å². The predicted octanol–water partition coefficient (Wildman–Crippen LogP) is 3.95. The third-order valence-corrected chi connectivity index (χ3v) is 7.41. The molecule has 9 heteroatoms. The highest BCUT2D eigenvalue weighted by Crippen LogP contribution is 2.33. The summed E-state index contributed by atoms with van der Waals surface area (Å²) in [7, 11) is 1.99. The van der Waals surface area contributed by atoms with E-state index in [1.807, 2.05) is 61.6 Å². The van der Waals surface area contributed by atoms with E-state index in [4.69, 9.17) is 21.4 Å². The Morgan fingerprint density at radius 3 is 2.47 bits per heavy atom. The van der Waals surface area contributed by atoms with Crippen molar-refractivity contribution in [2.24, 2.45) is 0 Å². The standard InChI is InChI=1S/C25H25ClN4O2.C4H6O2/c1-27-20-10-11-29(16-20)24-9-7-21(15-28-24)30-12-13-32-23-14-18(4-8-22(23)25(30)31)17-2-5-19(26)6-3-17;5-3-4(6)1-2-4/h2-9,14-15,20,27H,10-13,16H2,1H3;3,6H,1-2H2. The summed E-state index contributed by atoms with van der Waals surface area (Å²) in [5.41, 5.74) is 2.46. The summed E-state index contributed by atoms with van der Waals surface area (Å²) < 4.78 is 5.96. The highest BCUT2D eigenvalue weighted by molar-refractivity contribution is 6.30. The molecule has 3 aliphatic rings. The second-order valence-electron chi connectivity index (χ2n) is 9.84. The lowest BCUT2D eigenvalue weighted by atomic mass is 10.0. The Balaban J connectivity index is 0.000000433. The SMILES string of the molecule is CNC1CCN(c2ccc(N3CCOc4cc(-c5ccc(Cl)cc5)ccc4C3=O)cn2)C1.O=CC1(O)CC1. The first kappa shape index (κ1) is 26.2. The van der Waals surface area contributed by atoms with Crippen LogP contribution in [0.25, 0.3) is 11.1 Å². The van der Waals surface area contributed by atoms with Crippen molar-refractivity contribution >= 4 is 35.3 Å². The smallest absolute Gasteiger partial charge is 0.262 e. The van der Waals surface area contributed by atoms with Crippen LogP contribution in [-0.2, 0) is 4.79 Å². The van der Waals surface area contributed by atoms with Gasteiger partial charge < -0.3 is 29.8 Å². The van der Waals surface area contributed by atoms with Crippen LogP contribution in [0.15, 0.2) is 60.8 Å². The molecule has 3 aromatic rings. The first-order chi connectivity index (χ1) is 18.4. The van der Waals surface area contributed by atoms with Gasteiger partial charge in [-0.1, -0.05) is 29.8 Å². The third kappa shape index (κ3) is 5.83. The number of aromatic nitrogens is 1. The van der Waals surface area contributed by atoms with Crippen LogP contribution in [0.2, 0.25) is 5.02 Å². The van der Waals surface area contributed by atoms with E-state index in [0.29, 0.717) is 54.7 Å². The molecular formula is C29H31ClN4O4. The van der Waals surface area contributed by atoms with Gasteiger partial charge >= 0.3 is 0 Å². The van der Waals surface area contributed by atoms with Gasteiger partial charge in [-0.2, -0.15) is 0 Å². The molecule has 1 unspecified atom stereocenters. The third-order valence-electron chi connectivity index (χ3n) is 7.15. The van der Waals surface area contributed by atoms with E-state index >= 15 is 0 Å². The monoisotopic (exact) mass is 534 g/mol. The van der Waals surface area contributed by atoms with Crippen molar-refractivity contribution in [2.75, 3.05) is 43.1 Å². The highest BCUT2D eigenvalue weighted by atomic mass is 35.5. The van der Waals surface area contributed by atoms with Crippen molar-refractivity contribution in [1.82, 2.24) is 10.3 Å². The molecule has 2 fully saturated rings. The zero-order valence-electron chi connectivity index (χ0n) is 21.3. The lowest BCUT2D eigenvalue weighted by molar-refractivity contribution is -0.116.